The van der Waals surface area contributed by atoms with Gasteiger partial charge in [0.1, 0.15) is 13.2 Å². The van der Waals surface area contributed by atoms with E-state index in [1.165, 1.54) is 173 Å². The topological polar surface area (TPSA) is 78.9 Å². The van der Waals surface area contributed by atoms with E-state index in [9.17, 15) is 14.4 Å². The minimum Gasteiger partial charge on any atom is -0.462 e. The SMILES string of the molecule is CCC/C=C\CCCCCCCC(=O)OC(COC(=O)CCCCCCCCCCC)COC(=O)CCCCCCCCCCCCCCCCC/C=C\C/C=C\CCCCCCC. The molecule has 0 amide bonds. The molecule has 374 valence electrons. The van der Waals surface area contributed by atoms with E-state index in [4.69, 9.17) is 14.2 Å². The molecule has 0 aliphatic carbocycles. The van der Waals surface area contributed by atoms with Crippen LogP contribution in [0.4, 0.5) is 0 Å². The number of carbonyl (C=O) groups is 3. The van der Waals surface area contributed by atoms with E-state index in [0.29, 0.717) is 19.3 Å². The van der Waals surface area contributed by atoms with Crippen molar-refractivity contribution in [1.29, 1.82) is 0 Å². The van der Waals surface area contributed by atoms with Gasteiger partial charge >= 0.3 is 17.9 Å². The average molecular weight is 899 g/mol. The Morgan fingerprint density at radius 2 is 0.594 bits per heavy atom. The minimum absolute atomic E-state index is 0.0723. The summed E-state index contributed by atoms with van der Waals surface area (Å²) in [6, 6.07) is 0. The van der Waals surface area contributed by atoms with Crippen molar-refractivity contribution in [2.24, 2.45) is 0 Å². The molecule has 0 aromatic carbocycles. The summed E-state index contributed by atoms with van der Waals surface area (Å²) >= 11 is 0. The summed E-state index contributed by atoms with van der Waals surface area (Å²) in [4.78, 5) is 37.8. The Morgan fingerprint density at radius 3 is 0.938 bits per heavy atom. The van der Waals surface area contributed by atoms with Crippen molar-refractivity contribution >= 4 is 17.9 Å². The third kappa shape index (κ3) is 50.6. The second-order valence-corrected chi connectivity index (χ2v) is 18.8. The molecule has 0 fully saturated rings. The molecule has 0 rings (SSSR count). The number of allylic oxidation sites excluding steroid dienone is 6. The van der Waals surface area contributed by atoms with Crippen molar-refractivity contribution in [3.8, 4) is 0 Å². The van der Waals surface area contributed by atoms with Crippen molar-refractivity contribution in [3.63, 3.8) is 0 Å². The number of hydrogen-bond acceptors (Lipinski definition) is 6. The predicted octanol–water partition coefficient (Wildman–Crippen LogP) is 18.5. The van der Waals surface area contributed by atoms with Gasteiger partial charge in [0.15, 0.2) is 6.10 Å². The molecule has 6 heteroatoms. The first kappa shape index (κ1) is 61.6. The predicted molar refractivity (Wildman–Crippen MR) is 275 cm³/mol. The van der Waals surface area contributed by atoms with E-state index < -0.39 is 6.10 Å². The Balaban J connectivity index is 4.06. The van der Waals surface area contributed by atoms with Gasteiger partial charge in [0.2, 0.25) is 0 Å². The van der Waals surface area contributed by atoms with Gasteiger partial charge in [-0.15, -0.1) is 0 Å². The van der Waals surface area contributed by atoms with E-state index in [1.807, 2.05) is 0 Å². The second-order valence-electron chi connectivity index (χ2n) is 18.8. The zero-order valence-corrected chi connectivity index (χ0v) is 42.8. The third-order valence-corrected chi connectivity index (χ3v) is 12.3. The molecule has 1 unspecified atom stereocenters. The number of hydrogen-bond donors (Lipinski definition) is 0. The van der Waals surface area contributed by atoms with E-state index in [0.717, 1.165) is 83.5 Å². The lowest BCUT2D eigenvalue weighted by molar-refractivity contribution is -0.167. The molecule has 0 radical (unpaired) electrons. The van der Waals surface area contributed by atoms with Crippen LogP contribution < -0.4 is 0 Å². The van der Waals surface area contributed by atoms with Crippen molar-refractivity contribution in [2.75, 3.05) is 13.2 Å². The summed E-state index contributed by atoms with van der Waals surface area (Å²) in [5.41, 5.74) is 0. The quantitative estimate of drug-likeness (QED) is 0.0262. The molecule has 1 atom stereocenters. The first-order valence-corrected chi connectivity index (χ1v) is 28.0. The first-order chi connectivity index (χ1) is 31.5. The van der Waals surface area contributed by atoms with Crippen molar-refractivity contribution in [1.82, 2.24) is 0 Å². The number of esters is 3. The minimum atomic E-state index is -0.770. The molecule has 0 aromatic heterocycles. The Hall–Kier alpha value is -2.37. The molecule has 6 nitrogen and oxygen atoms in total. The monoisotopic (exact) mass is 899 g/mol. The summed E-state index contributed by atoms with van der Waals surface area (Å²) in [7, 11) is 0. The molecule has 0 aliphatic rings. The van der Waals surface area contributed by atoms with Crippen LogP contribution in [0.15, 0.2) is 36.5 Å². The van der Waals surface area contributed by atoms with Gasteiger partial charge < -0.3 is 14.2 Å². The van der Waals surface area contributed by atoms with Gasteiger partial charge in [0.05, 0.1) is 0 Å². The lowest BCUT2D eigenvalue weighted by Crippen LogP contribution is -2.30. The standard InChI is InChI=1S/C58H106O6/c1-4-7-10-13-16-19-21-22-23-24-25-26-27-28-29-30-31-32-33-34-35-36-37-40-42-45-48-51-57(60)63-54-55(53-62-56(59)50-47-44-41-38-18-15-12-9-6-3)64-58(61)52-49-46-43-39-20-17-14-11-8-5-2/h11,14,21-22,24-25,55H,4-10,12-13,15-20,23,26-54H2,1-3H3/b14-11-,22-21-,25-24-. The van der Waals surface area contributed by atoms with Gasteiger partial charge in [-0.25, -0.2) is 0 Å². The van der Waals surface area contributed by atoms with Crippen LogP contribution in [0.3, 0.4) is 0 Å². The Bertz CT molecular complexity index is 1080. The highest BCUT2D eigenvalue weighted by Crippen LogP contribution is 2.16. The van der Waals surface area contributed by atoms with Crippen LogP contribution in [-0.2, 0) is 28.6 Å². The van der Waals surface area contributed by atoms with Crippen molar-refractivity contribution in [2.45, 2.75) is 303 Å². The van der Waals surface area contributed by atoms with E-state index in [1.54, 1.807) is 0 Å². The van der Waals surface area contributed by atoms with E-state index in [-0.39, 0.29) is 31.1 Å². The van der Waals surface area contributed by atoms with Gasteiger partial charge in [-0.05, 0) is 70.6 Å². The number of ether oxygens (including phenoxy) is 3. The van der Waals surface area contributed by atoms with Gasteiger partial charge in [0, 0.05) is 19.3 Å². The Labute approximate surface area is 397 Å². The summed E-state index contributed by atoms with van der Waals surface area (Å²) in [5, 5.41) is 0. The van der Waals surface area contributed by atoms with Gasteiger partial charge in [0.25, 0.3) is 0 Å². The highest BCUT2D eigenvalue weighted by Gasteiger charge is 2.19. The molecule has 0 saturated carbocycles. The zero-order valence-electron chi connectivity index (χ0n) is 42.8. The molecule has 0 N–H and O–H groups in total. The molecule has 0 spiro atoms. The fourth-order valence-electron chi connectivity index (χ4n) is 8.12. The lowest BCUT2D eigenvalue weighted by atomic mass is 10.0. The lowest BCUT2D eigenvalue weighted by Gasteiger charge is -2.18. The fraction of sp³-hybridized carbons (Fsp3) is 0.845. The zero-order chi connectivity index (χ0) is 46.5. The molecule has 0 bridgehead atoms. The second kappa shape index (κ2) is 53.2. The van der Waals surface area contributed by atoms with Crippen LogP contribution in [-0.4, -0.2) is 37.2 Å². The summed E-state index contributed by atoms with van der Waals surface area (Å²) in [5.74, 6) is -0.875. The van der Waals surface area contributed by atoms with E-state index >= 15 is 0 Å². The normalized spacial score (nSPS) is 12.2. The molecule has 0 heterocycles. The largest absolute Gasteiger partial charge is 0.462 e. The molecule has 64 heavy (non-hydrogen) atoms. The first-order valence-electron chi connectivity index (χ1n) is 28.0. The maximum atomic E-state index is 12.7. The molecule has 0 saturated heterocycles. The molecule has 0 aromatic rings. The summed E-state index contributed by atoms with van der Waals surface area (Å²) in [6.45, 7) is 6.56. The number of unbranched alkanes of at least 4 members (excludes halogenated alkanes) is 34. The van der Waals surface area contributed by atoms with Crippen LogP contribution in [0.25, 0.3) is 0 Å². The average Bonchev–Trinajstić information content (AvgIpc) is 3.29. The molecular formula is C58H106O6. The summed E-state index contributed by atoms with van der Waals surface area (Å²) in [6.07, 6.45) is 63.1. The Kier molecular flexibility index (Phi) is 51.3. The van der Waals surface area contributed by atoms with Crippen LogP contribution in [0, 0.1) is 0 Å². The highest BCUT2D eigenvalue weighted by atomic mass is 16.6. The van der Waals surface area contributed by atoms with Crippen LogP contribution >= 0.6 is 0 Å². The van der Waals surface area contributed by atoms with Gasteiger partial charge in [-0.1, -0.05) is 243 Å². The van der Waals surface area contributed by atoms with Crippen molar-refractivity contribution < 1.29 is 28.6 Å². The van der Waals surface area contributed by atoms with Crippen LogP contribution in [0.2, 0.25) is 0 Å². The summed E-state index contributed by atoms with van der Waals surface area (Å²) < 4.78 is 16.8. The molecule has 0 aliphatic heterocycles. The van der Waals surface area contributed by atoms with Gasteiger partial charge in [-0.3, -0.25) is 14.4 Å². The fourth-order valence-corrected chi connectivity index (χ4v) is 8.12. The van der Waals surface area contributed by atoms with Crippen molar-refractivity contribution in [3.05, 3.63) is 36.5 Å². The molecular weight excluding hydrogens is 793 g/mol. The van der Waals surface area contributed by atoms with Gasteiger partial charge in [-0.2, -0.15) is 0 Å². The highest BCUT2D eigenvalue weighted by molar-refractivity contribution is 5.71. The third-order valence-electron chi connectivity index (χ3n) is 12.3. The van der Waals surface area contributed by atoms with Crippen LogP contribution in [0.1, 0.15) is 297 Å². The number of rotatable bonds is 51. The number of carbonyl (C=O) groups excluding carboxylic acids is 3. The Morgan fingerprint density at radius 1 is 0.312 bits per heavy atom. The smallest absolute Gasteiger partial charge is 0.306 e. The van der Waals surface area contributed by atoms with Crippen LogP contribution in [0.5, 0.6) is 0 Å². The maximum absolute atomic E-state index is 12.7. The maximum Gasteiger partial charge on any atom is 0.306 e. The van der Waals surface area contributed by atoms with E-state index in [2.05, 4.69) is 57.2 Å².